The van der Waals surface area contributed by atoms with Crippen LogP contribution in [0.5, 0.6) is 0 Å². The molecule has 0 aliphatic rings. The molecule has 1 amide bonds. The topological polar surface area (TPSA) is 52.9 Å². The van der Waals surface area contributed by atoms with Crippen molar-refractivity contribution in [2.45, 2.75) is 0 Å². The Hall–Kier alpha value is -2.57. The third-order valence-corrected chi connectivity index (χ3v) is 2.97. The Morgan fingerprint density at radius 3 is 2.60 bits per heavy atom. The molecule has 0 radical (unpaired) electrons. The summed E-state index contributed by atoms with van der Waals surface area (Å²) in [6, 6.07) is 16.1. The summed E-state index contributed by atoms with van der Waals surface area (Å²) < 4.78 is 0. The van der Waals surface area contributed by atoms with E-state index in [-0.39, 0.29) is 5.91 Å². The van der Waals surface area contributed by atoms with E-state index in [2.05, 4.69) is 5.32 Å². The molecule has 0 saturated heterocycles. The smallest absolute Gasteiger partial charge is 0.248 e. The van der Waals surface area contributed by atoms with Crippen molar-refractivity contribution < 1.29 is 4.79 Å². The number of benzene rings is 2. The molecule has 2 aromatic rings. The third-order valence-electron chi connectivity index (χ3n) is 2.62. The zero-order valence-electron chi connectivity index (χ0n) is 10.5. The van der Waals surface area contributed by atoms with Crippen molar-refractivity contribution in [1.82, 2.24) is 0 Å². The van der Waals surface area contributed by atoms with Gasteiger partial charge in [-0.2, -0.15) is 5.26 Å². The number of nitrogens with zero attached hydrogens (tertiary/aromatic N) is 1. The lowest BCUT2D eigenvalue weighted by atomic mass is 10.2. The van der Waals surface area contributed by atoms with Gasteiger partial charge in [-0.05, 0) is 29.8 Å². The SMILES string of the molecule is N#Cc1ccccc1NC(=O)C=Cc1ccccc1Cl. The summed E-state index contributed by atoms with van der Waals surface area (Å²) in [5.74, 6) is -0.312. The van der Waals surface area contributed by atoms with E-state index in [0.717, 1.165) is 5.56 Å². The molecule has 0 bridgehead atoms. The molecule has 4 heteroatoms. The lowest BCUT2D eigenvalue weighted by molar-refractivity contribution is -0.111. The van der Waals surface area contributed by atoms with E-state index in [1.165, 1.54) is 6.08 Å². The van der Waals surface area contributed by atoms with Crippen molar-refractivity contribution in [3.63, 3.8) is 0 Å². The van der Waals surface area contributed by atoms with Crippen LogP contribution in [0.3, 0.4) is 0 Å². The number of amides is 1. The van der Waals surface area contributed by atoms with Crippen molar-refractivity contribution in [1.29, 1.82) is 5.26 Å². The number of carbonyl (C=O) groups is 1. The standard InChI is InChI=1S/C16H11ClN2O/c17-14-7-3-1-5-12(14)9-10-16(20)19-15-8-4-2-6-13(15)11-18/h1-10H,(H,19,20). The zero-order chi connectivity index (χ0) is 14.4. The van der Waals surface area contributed by atoms with Gasteiger partial charge in [-0.15, -0.1) is 0 Å². The highest BCUT2D eigenvalue weighted by Crippen LogP contribution is 2.17. The first-order valence-electron chi connectivity index (χ1n) is 5.93. The first-order chi connectivity index (χ1) is 9.70. The lowest BCUT2D eigenvalue weighted by Crippen LogP contribution is -2.08. The molecule has 0 unspecified atom stereocenters. The minimum absolute atomic E-state index is 0.312. The summed E-state index contributed by atoms with van der Waals surface area (Å²) in [6.07, 6.45) is 3.02. The van der Waals surface area contributed by atoms with Crippen molar-refractivity contribution >= 4 is 29.3 Å². The molecule has 2 aromatic carbocycles. The number of nitrogens with one attached hydrogen (secondary N) is 1. The minimum Gasteiger partial charge on any atom is -0.321 e. The Morgan fingerprint density at radius 1 is 1.15 bits per heavy atom. The number of carbonyl (C=O) groups excluding carboxylic acids is 1. The molecule has 1 N–H and O–H groups in total. The number of nitriles is 1. The van der Waals surface area contributed by atoms with Crippen molar-refractivity contribution in [2.75, 3.05) is 5.32 Å². The monoisotopic (exact) mass is 282 g/mol. The van der Waals surface area contributed by atoms with Crippen LogP contribution < -0.4 is 5.32 Å². The fraction of sp³-hybridized carbons (Fsp3) is 0. The van der Waals surface area contributed by atoms with Gasteiger partial charge >= 0.3 is 0 Å². The molecular weight excluding hydrogens is 272 g/mol. The van der Waals surface area contributed by atoms with Crippen LogP contribution in [0.1, 0.15) is 11.1 Å². The van der Waals surface area contributed by atoms with Crippen molar-refractivity contribution in [3.8, 4) is 6.07 Å². The normalized spacial score (nSPS) is 10.2. The summed E-state index contributed by atoms with van der Waals surface area (Å²) in [5, 5.41) is 12.2. The van der Waals surface area contributed by atoms with E-state index in [1.807, 2.05) is 24.3 Å². The molecule has 20 heavy (non-hydrogen) atoms. The molecule has 0 aliphatic heterocycles. The molecule has 3 nitrogen and oxygen atoms in total. The van der Waals surface area contributed by atoms with Crippen LogP contribution in [0.25, 0.3) is 6.08 Å². The van der Waals surface area contributed by atoms with Gasteiger partial charge in [0, 0.05) is 11.1 Å². The molecule has 0 heterocycles. The van der Waals surface area contributed by atoms with Crippen molar-refractivity contribution in [2.24, 2.45) is 0 Å². The van der Waals surface area contributed by atoms with Crippen molar-refractivity contribution in [3.05, 3.63) is 70.8 Å². The van der Waals surface area contributed by atoms with E-state index in [0.29, 0.717) is 16.3 Å². The highest BCUT2D eigenvalue weighted by atomic mass is 35.5. The van der Waals surface area contributed by atoms with Gasteiger partial charge in [0.1, 0.15) is 6.07 Å². The van der Waals surface area contributed by atoms with E-state index in [4.69, 9.17) is 16.9 Å². The van der Waals surface area contributed by atoms with Gasteiger partial charge in [-0.25, -0.2) is 0 Å². The highest BCUT2D eigenvalue weighted by Gasteiger charge is 2.03. The summed E-state index contributed by atoms with van der Waals surface area (Å²) in [5.41, 5.74) is 1.67. The maximum absolute atomic E-state index is 11.8. The first kappa shape index (κ1) is 13.9. The van der Waals surface area contributed by atoms with Gasteiger partial charge in [0.05, 0.1) is 11.3 Å². The third kappa shape index (κ3) is 3.47. The largest absolute Gasteiger partial charge is 0.321 e. The molecular formula is C16H11ClN2O. The summed E-state index contributed by atoms with van der Waals surface area (Å²) >= 11 is 5.99. The van der Waals surface area contributed by atoms with E-state index < -0.39 is 0 Å². The second-order valence-electron chi connectivity index (χ2n) is 4.00. The average molecular weight is 283 g/mol. The van der Waals surface area contributed by atoms with Gasteiger partial charge < -0.3 is 5.32 Å². The Labute approximate surface area is 122 Å². The summed E-state index contributed by atoms with van der Waals surface area (Å²) in [7, 11) is 0. The number of halogens is 1. The lowest BCUT2D eigenvalue weighted by Gasteiger charge is -2.03. The van der Waals surface area contributed by atoms with Gasteiger partial charge in [0.15, 0.2) is 0 Å². The first-order valence-corrected chi connectivity index (χ1v) is 6.31. The second kappa shape index (κ2) is 6.55. The molecule has 2 rings (SSSR count). The Morgan fingerprint density at radius 2 is 1.85 bits per heavy atom. The molecule has 98 valence electrons. The summed E-state index contributed by atoms with van der Waals surface area (Å²) in [4.78, 5) is 11.8. The fourth-order valence-electron chi connectivity index (χ4n) is 1.64. The Bertz CT molecular complexity index is 702. The maximum Gasteiger partial charge on any atom is 0.248 e. The fourth-order valence-corrected chi connectivity index (χ4v) is 1.84. The van der Waals surface area contributed by atoms with Crippen LogP contribution >= 0.6 is 11.6 Å². The van der Waals surface area contributed by atoms with Gasteiger partial charge in [-0.3, -0.25) is 4.79 Å². The van der Waals surface area contributed by atoms with Crippen LogP contribution in [-0.4, -0.2) is 5.91 Å². The number of hydrogen-bond donors (Lipinski definition) is 1. The van der Waals surface area contributed by atoms with Crippen LogP contribution in [0, 0.1) is 11.3 Å². The van der Waals surface area contributed by atoms with Crippen LogP contribution in [0.15, 0.2) is 54.6 Å². The summed E-state index contributed by atoms with van der Waals surface area (Å²) in [6.45, 7) is 0. The number of anilines is 1. The van der Waals surface area contributed by atoms with E-state index >= 15 is 0 Å². The van der Waals surface area contributed by atoms with Crippen LogP contribution in [0.2, 0.25) is 5.02 Å². The molecule has 0 atom stereocenters. The molecule has 0 saturated carbocycles. The number of hydrogen-bond acceptors (Lipinski definition) is 2. The van der Waals surface area contributed by atoms with Gasteiger partial charge in [-0.1, -0.05) is 41.9 Å². The molecule has 0 fully saturated rings. The quantitative estimate of drug-likeness (QED) is 0.869. The van der Waals surface area contributed by atoms with E-state index in [1.54, 1.807) is 36.4 Å². The second-order valence-corrected chi connectivity index (χ2v) is 4.41. The average Bonchev–Trinajstić information content (AvgIpc) is 2.47. The van der Waals surface area contributed by atoms with Gasteiger partial charge in [0.2, 0.25) is 5.91 Å². The number of para-hydroxylation sites is 1. The Kier molecular flexibility index (Phi) is 4.54. The van der Waals surface area contributed by atoms with Gasteiger partial charge in [0.25, 0.3) is 0 Å². The molecule has 0 spiro atoms. The predicted octanol–water partition coefficient (Wildman–Crippen LogP) is 3.86. The minimum atomic E-state index is -0.312. The Balaban J connectivity index is 2.10. The van der Waals surface area contributed by atoms with E-state index in [9.17, 15) is 4.79 Å². The predicted molar refractivity (Wildman–Crippen MR) is 80.3 cm³/mol. The maximum atomic E-state index is 11.8. The number of rotatable bonds is 3. The van der Waals surface area contributed by atoms with Crippen LogP contribution in [0.4, 0.5) is 5.69 Å². The molecule has 0 aliphatic carbocycles. The zero-order valence-corrected chi connectivity index (χ0v) is 11.3. The highest BCUT2D eigenvalue weighted by molar-refractivity contribution is 6.32. The van der Waals surface area contributed by atoms with Crippen LogP contribution in [-0.2, 0) is 4.79 Å². The molecule has 0 aromatic heterocycles.